The number of rotatable bonds is 4. The number of unbranched alkanes of at least 4 members (excludes halogenated alkanes) is 4. The number of allylic oxidation sites excluding steroid dienone is 1. The van der Waals surface area contributed by atoms with Gasteiger partial charge in [-0.3, -0.25) is 0 Å². The fraction of sp³-hybridized carbons (Fsp3) is 0.600. The van der Waals surface area contributed by atoms with Crippen molar-refractivity contribution in [3.8, 4) is 11.8 Å². The summed E-state index contributed by atoms with van der Waals surface area (Å²) in [5.41, 5.74) is 0. The van der Waals surface area contributed by atoms with Gasteiger partial charge in [-0.1, -0.05) is 38.0 Å². The molecule has 2 heteroatoms. The van der Waals surface area contributed by atoms with Gasteiger partial charge < -0.3 is 0 Å². The molecule has 0 fully saturated rings. The molecule has 0 aliphatic rings. The smallest absolute Gasteiger partial charge is 0.0687 e. The normalized spacial score (nSPS) is 8.58. The third-order valence-corrected chi connectivity index (χ3v) is 1.90. The van der Waals surface area contributed by atoms with Crippen LogP contribution in [-0.2, 0) is 0 Å². The van der Waals surface area contributed by atoms with E-state index in [9.17, 15) is 0 Å². The Balaban J connectivity index is 3.28. The molecule has 0 aromatic carbocycles. The van der Waals surface area contributed by atoms with Crippen molar-refractivity contribution in [1.29, 1.82) is 0 Å². The van der Waals surface area contributed by atoms with Crippen molar-refractivity contribution in [2.24, 2.45) is 0 Å². The van der Waals surface area contributed by atoms with Gasteiger partial charge in [0.2, 0.25) is 0 Å². The van der Waals surface area contributed by atoms with E-state index in [4.69, 9.17) is 0 Å². The van der Waals surface area contributed by atoms with Gasteiger partial charge in [0.1, 0.15) is 0 Å². The maximum Gasteiger partial charge on any atom is 0.0687 e. The van der Waals surface area contributed by atoms with Gasteiger partial charge in [0.15, 0.2) is 0 Å². The Kier molecular flexibility index (Phi) is 9.55. The molecule has 0 saturated heterocycles. The molecule has 0 amide bonds. The van der Waals surface area contributed by atoms with Crippen LogP contribution in [0.1, 0.15) is 39.0 Å². The highest BCUT2D eigenvalue weighted by molar-refractivity contribution is 9.28. The monoisotopic (exact) mass is 292 g/mol. The molecule has 0 rings (SSSR count). The average molecular weight is 294 g/mol. The Morgan fingerprint density at radius 1 is 1.25 bits per heavy atom. The Bertz CT molecular complexity index is 180. The van der Waals surface area contributed by atoms with Crippen LogP contribution in [0.15, 0.2) is 9.47 Å². The summed E-state index contributed by atoms with van der Waals surface area (Å²) in [6.07, 6.45) is 8.00. The van der Waals surface area contributed by atoms with Crippen LogP contribution >= 0.6 is 31.9 Å². The zero-order valence-electron chi connectivity index (χ0n) is 7.37. The van der Waals surface area contributed by atoms with Crippen LogP contribution in [0.25, 0.3) is 0 Å². The van der Waals surface area contributed by atoms with Gasteiger partial charge in [-0.2, -0.15) is 0 Å². The van der Waals surface area contributed by atoms with Gasteiger partial charge in [0.25, 0.3) is 0 Å². The molecule has 0 bridgehead atoms. The van der Waals surface area contributed by atoms with E-state index in [1.54, 1.807) is 0 Å². The van der Waals surface area contributed by atoms with Gasteiger partial charge in [-0.05, 0) is 38.3 Å². The molecule has 0 nitrogen and oxygen atoms in total. The van der Waals surface area contributed by atoms with E-state index in [1.807, 2.05) is 6.08 Å². The first-order valence-corrected chi connectivity index (χ1v) is 5.85. The molecule has 12 heavy (non-hydrogen) atoms. The van der Waals surface area contributed by atoms with Crippen LogP contribution in [0.4, 0.5) is 0 Å². The van der Waals surface area contributed by atoms with Crippen LogP contribution in [-0.4, -0.2) is 0 Å². The SMILES string of the molecule is CCCCCCC#CC=C(Br)Br. The molecule has 68 valence electrons. The Morgan fingerprint density at radius 3 is 2.58 bits per heavy atom. The molecule has 0 aliphatic heterocycles. The summed E-state index contributed by atoms with van der Waals surface area (Å²) in [7, 11) is 0. The van der Waals surface area contributed by atoms with Crippen molar-refractivity contribution >= 4 is 31.9 Å². The molecule has 0 atom stereocenters. The minimum atomic E-state index is 0.913. The van der Waals surface area contributed by atoms with Crippen LogP contribution in [0.2, 0.25) is 0 Å². The second-order valence-corrected chi connectivity index (χ2v) is 5.34. The second kappa shape index (κ2) is 9.35. The van der Waals surface area contributed by atoms with Gasteiger partial charge in [0, 0.05) is 12.5 Å². The fourth-order valence-corrected chi connectivity index (χ4v) is 1.05. The molecule has 0 aliphatic carbocycles. The van der Waals surface area contributed by atoms with E-state index in [2.05, 4.69) is 50.6 Å². The second-order valence-electron chi connectivity index (χ2n) is 2.57. The summed E-state index contributed by atoms with van der Waals surface area (Å²) < 4.78 is 0.913. The standard InChI is InChI=1S/C10H14Br2/c1-2-3-4-5-6-7-8-9-10(11)12/h9H,2-6H2,1H3. The molecule has 0 N–H and O–H groups in total. The maximum absolute atomic E-state index is 3.24. The van der Waals surface area contributed by atoms with Gasteiger partial charge in [-0.15, -0.1) is 0 Å². The number of hydrogen-bond acceptors (Lipinski definition) is 0. The lowest BCUT2D eigenvalue weighted by Crippen LogP contribution is -1.73. The lowest BCUT2D eigenvalue weighted by Gasteiger charge is -1.91. The third kappa shape index (κ3) is 10.3. The van der Waals surface area contributed by atoms with E-state index in [0.717, 1.165) is 9.81 Å². The van der Waals surface area contributed by atoms with Crippen molar-refractivity contribution < 1.29 is 0 Å². The largest absolute Gasteiger partial charge is 0.0985 e. The summed E-state index contributed by atoms with van der Waals surface area (Å²) in [4.78, 5) is 0. The van der Waals surface area contributed by atoms with E-state index in [1.165, 1.54) is 25.7 Å². The number of halogens is 2. The van der Waals surface area contributed by atoms with Crippen LogP contribution in [0.5, 0.6) is 0 Å². The van der Waals surface area contributed by atoms with Crippen LogP contribution < -0.4 is 0 Å². The minimum absolute atomic E-state index is 0.913. The van der Waals surface area contributed by atoms with Gasteiger partial charge >= 0.3 is 0 Å². The summed E-state index contributed by atoms with van der Waals surface area (Å²) in [5, 5.41) is 0. The van der Waals surface area contributed by atoms with Gasteiger partial charge in [-0.25, -0.2) is 0 Å². The summed E-state index contributed by atoms with van der Waals surface area (Å²) >= 11 is 6.49. The highest BCUT2D eigenvalue weighted by atomic mass is 79.9. The average Bonchev–Trinajstić information content (AvgIpc) is 2.02. The molecule has 0 aromatic rings. The zero-order chi connectivity index (χ0) is 9.23. The molecular formula is C10H14Br2. The van der Waals surface area contributed by atoms with E-state index < -0.39 is 0 Å². The van der Waals surface area contributed by atoms with E-state index >= 15 is 0 Å². The molecule has 0 radical (unpaired) electrons. The van der Waals surface area contributed by atoms with Crippen LogP contribution in [0, 0.1) is 11.8 Å². The first-order valence-electron chi connectivity index (χ1n) is 4.27. The molecule has 0 aromatic heterocycles. The first-order chi connectivity index (χ1) is 5.77. The summed E-state index contributed by atoms with van der Waals surface area (Å²) in [6.45, 7) is 2.22. The topological polar surface area (TPSA) is 0 Å². The lowest BCUT2D eigenvalue weighted by atomic mass is 10.2. The summed E-state index contributed by atoms with van der Waals surface area (Å²) in [6, 6.07) is 0. The van der Waals surface area contributed by atoms with Gasteiger partial charge in [0.05, 0.1) is 3.39 Å². The van der Waals surface area contributed by atoms with Crippen molar-refractivity contribution in [1.82, 2.24) is 0 Å². The molecule has 0 saturated carbocycles. The summed E-state index contributed by atoms with van der Waals surface area (Å²) in [5.74, 6) is 6.05. The van der Waals surface area contributed by atoms with Crippen molar-refractivity contribution in [3.63, 3.8) is 0 Å². The van der Waals surface area contributed by atoms with Crippen molar-refractivity contribution in [2.75, 3.05) is 0 Å². The van der Waals surface area contributed by atoms with Crippen molar-refractivity contribution in [3.05, 3.63) is 9.47 Å². The molecule has 0 heterocycles. The van der Waals surface area contributed by atoms with E-state index in [-0.39, 0.29) is 0 Å². The maximum atomic E-state index is 3.24. The number of hydrogen-bond donors (Lipinski definition) is 0. The fourth-order valence-electron chi connectivity index (χ4n) is 0.818. The highest BCUT2D eigenvalue weighted by Gasteiger charge is 1.83. The molecule has 0 unspecified atom stereocenters. The predicted octanol–water partition coefficient (Wildman–Crippen LogP) is 4.59. The zero-order valence-corrected chi connectivity index (χ0v) is 10.5. The molecule has 0 spiro atoms. The quantitative estimate of drug-likeness (QED) is 0.525. The third-order valence-electron chi connectivity index (χ3n) is 1.44. The Labute approximate surface area is 92.1 Å². The first kappa shape index (κ1) is 12.3. The predicted molar refractivity (Wildman–Crippen MR) is 62.5 cm³/mol. The molecular weight excluding hydrogens is 280 g/mol. The van der Waals surface area contributed by atoms with E-state index in [0.29, 0.717) is 0 Å². The lowest BCUT2D eigenvalue weighted by molar-refractivity contribution is 0.679. The van der Waals surface area contributed by atoms with Crippen molar-refractivity contribution in [2.45, 2.75) is 39.0 Å². The Morgan fingerprint density at radius 2 is 2.00 bits per heavy atom. The highest BCUT2D eigenvalue weighted by Crippen LogP contribution is 2.11. The minimum Gasteiger partial charge on any atom is -0.0985 e. The Hall–Kier alpha value is 0.260. The van der Waals surface area contributed by atoms with Crippen LogP contribution in [0.3, 0.4) is 0 Å².